The van der Waals surface area contributed by atoms with Crippen LogP contribution in [0.1, 0.15) is 38.2 Å². The maximum atomic E-state index is 6.26. The van der Waals surface area contributed by atoms with E-state index in [1.807, 2.05) is 12.1 Å². The van der Waals surface area contributed by atoms with Gasteiger partial charge in [-0.1, -0.05) is 19.4 Å². The molecule has 3 nitrogen and oxygen atoms in total. The summed E-state index contributed by atoms with van der Waals surface area (Å²) in [4.78, 5) is 0. The van der Waals surface area contributed by atoms with Crippen LogP contribution in [0, 0.1) is 0 Å². The smallest absolute Gasteiger partial charge is 0.130 e. The Bertz CT molecular complexity index is 490. The number of benzene rings is 1. The number of nitrogens with one attached hydrogen (secondary N) is 1. The number of ether oxygens (including phenoxy) is 2. The molecule has 0 radical (unpaired) electrons. The van der Waals surface area contributed by atoms with Crippen LogP contribution in [0.5, 0.6) is 11.5 Å². The van der Waals surface area contributed by atoms with Gasteiger partial charge < -0.3 is 14.8 Å². The van der Waals surface area contributed by atoms with E-state index < -0.39 is 0 Å². The predicted octanol–water partition coefficient (Wildman–Crippen LogP) is 3.39. The number of hydrogen-bond acceptors (Lipinski definition) is 3. The van der Waals surface area contributed by atoms with Crippen LogP contribution in [-0.2, 0) is 0 Å². The minimum atomic E-state index is -0.0944. The summed E-state index contributed by atoms with van der Waals surface area (Å²) in [5.74, 6) is 1.92. The largest absolute Gasteiger partial charge is 0.494 e. The molecule has 3 rings (SSSR count). The van der Waals surface area contributed by atoms with Gasteiger partial charge in [-0.3, -0.25) is 0 Å². The second-order valence-electron chi connectivity index (χ2n) is 5.65. The minimum absolute atomic E-state index is 0.0944. The number of piperidine rings is 1. The van der Waals surface area contributed by atoms with Crippen LogP contribution in [0.4, 0.5) is 0 Å². The topological polar surface area (TPSA) is 30.5 Å². The molecule has 108 valence electrons. The van der Waals surface area contributed by atoms with Gasteiger partial charge in [-0.15, -0.1) is 0 Å². The zero-order chi connectivity index (χ0) is 13.8. The third-order valence-corrected chi connectivity index (χ3v) is 4.08. The second kappa shape index (κ2) is 5.88. The van der Waals surface area contributed by atoms with Gasteiger partial charge in [0.05, 0.1) is 6.61 Å². The summed E-state index contributed by atoms with van der Waals surface area (Å²) < 4.78 is 12.0. The zero-order valence-corrected chi connectivity index (χ0v) is 12.2. The SMILES string of the molecule is CCCCOc1ccc2c(c1)C=CC1(CCNCC1)O2. The van der Waals surface area contributed by atoms with Crippen LogP contribution >= 0.6 is 0 Å². The first-order valence-corrected chi connectivity index (χ1v) is 7.67. The summed E-state index contributed by atoms with van der Waals surface area (Å²) in [5.41, 5.74) is 1.03. The van der Waals surface area contributed by atoms with Crippen molar-refractivity contribution in [3.8, 4) is 11.5 Å². The van der Waals surface area contributed by atoms with E-state index in [0.717, 1.165) is 62.4 Å². The Morgan fingerprint density at radius 1 is 1.30 bits per heavy atom. The second-order valence-corrected chi connectivity index (χ2v) is 5.65. The van der Waals surface area contributed by atoms with Gasteiger partial charge in [-0.05, 0) is 43.8 Å². The van der Waals surface area contributed by atoms with Crippen LogP contribution in [0.25, 0.3) is 6.08 Å². The van der Waals surface area contributed by atoms with Gasteiger partial charge in [-0.2, -0.15) is 0 Å². The first-order chi connectivity index (χ1) is 9.81. The maximum absolute atomic E-state index is 6.26. The van der Waals surface area contributed by atoms with Crippen LogP contribution < -0.4 is 14.8 Å². The Labute approximate surface area is 121 Å². The highest BCUT2D eigenvalue weighted by Gasteiger charge is 2.34. The van der Waals surface area contributed by atoms with Crippen LogP contribution in [0.2, 0.25) is 0 Å². The highest BCUT2D eigenvalue weighted by atomic mass is 16.5. The summed E-state index contributed by atoms with van der Waals surface area (Å²) in [6.45, 7) is 5.01. The van der Waals surface area contributed by atoms with Crippen molar-refractivity contribution >= 4 is 6.08 Å². The molecule has 20 heavy (non-hydrogen) atoms. The lowest BCUT2D eigenvalue weighted by atomic mass is 9.89. The van der Waals surface area contributed by atoms with Gasteiger partial charge in [0.15, 0.2) is 0 Å². The van der Waals surface area contributed by atoms with E-state index in [-0.39, 0.29) is 5.60 Å². The molecule has 1 saturated heterocycles. The molecule has 0 aliphatic carbocycles. The quantitative estimate of drug-likeness (QED) is 0.853. The molecule has 3 heteroatoms. The molecule has 1 fully saturated rings. The van der Waals surface area contributed by atoms with E-state index in [2.05, 4.69) is 30.5 Å². The van der Waals surface area contributed by atoms with Gasteiger partial charge in [0, 0.05) is 18.4 Å². The lowest BCUT2D eigenvalue weighted by molar-refractivity contribution is 0.0822. The first-order valence-electron chi connectivity index (χ1n) is 7.67. The average Bonchev–Trinajstić information content (AvgIpc) is 2.49. The minimum Gasteiger partial charge on any atom is -0.494 e. The lowest BCUT2D eigenvalue weighted by Crippen LogP contribution is -2.45. The Kier molecular flexibility index (Phi) is 3.97. The lowest BCUT2D eigenvalue weighted by Gasteiger charge is -2.38. The molecule has 0 aromatic heterocycles. The Morgan fingerprint density at radius 2 is 2.15 bits per heavy atom. The summed E-state index contributed by atoms with van der Waals surface area (Å²) in [6, 6.07) is 6.14. The fourth-order valence-corrected chi connectivity index (χ4v) is 2.79. The molecular formula is C17H23NO2. The maximum Gasteiger partial charge on any atom is 0.130 e. The highest BCUT2D eigenvalue weighted by Crippen LogP contribution is 2.37. The molecule has 0 atom stereocenters. The first kappa shape index (κ1) is 13.5. The van der Waals surface area contributed by atoms with Crippen LogP contribution in [-0.4, -0.2) is 25.3 Å². The fourth-order valence-electron chi connectivity index (χ4n) is 2.79. The standard InChI is InChI=1S/C17H23NO2/c1-2-3-12-19-15-4-5-16-14(13-15)6-7-17(20-16)8-10-18-11-9-17/h4-7,13,18H,2-3,8-12H2,1H3. The molecule has 0 amide bonds. The van der Waals surface area contributed by atoms with Gasteiger partial charge >= 0.3 is 0 Å². The molecule has 1 aromatic carbocycles. The number of fused-ring (bicyclic) bond motifs is 1. The van der Waals surface area contributed by atoms with E-state index in [1.54, 1.807) is 0 Å². The molecule has 0 bridgehead atoms. The van der Waals surface area contributed by atoms with E-state index in [4.69, 9.17) is 9.47 Å². The normalized spacial score (nSPS) is 19.4. The number of unbranched alkanes of at least 4 members (excludes halogenated alkanes) is 1. The van der Waals surface area contributed by atoms with Crippen LogP contribution in [0.15, 0.2) is 24.3 Å². The Balaban J connectivity index is 1.72. The molecule has 0 saturated carbocycles. The van der Waals surface area contributed by atoms with E-state index in [1.165, 1.54) is 0 Å². The summed E-state index contributed by atoms with van der Waals surface area (Å²) >= 11 is 0. The molecule has 2 aliphatic rings. The fraction of sp³-hybridized carbons (Fsp3) is 0.529. The van der Waals surface area contributed by atoms with Crippen molar-refractivity contribution in [2.45, 2.75) is 38.2 Å². The van der Waals surface area contributed by atoms with Crippen molar-refractivity contribution in [1.29, 1.82) is 0 Å². The molecule has 1 N–H and O–H groups in total. The van der Waals surface area contributed by atoms with E-state index in [9.17, 15) is 0 Å². The summed E-state index contributed by atoms with van der Waals surface area (Å²) in [7, 11) is 0. The average molecular weight is 273 g/mol. The van der Waals surface area contributed by atoms with Crippen molar-refractivity contribution in [2.75, 3.05) is 19.7 Å². The van der Waals surface area contributed by atoms with Crippen molar-refractivity contribution < 1.29 is 9.47 Å². The van der Waals surface area contributed by atoms with Gasteiger partial charge in [0.25, 0.3) is 0 Å². The number of rotatable bonds is 4. The molecule has 2 heterocycles. The third kappa shape index (κ3) is 2.83. The number of hydrogen-bond donors (Lipinski definition) is 1. The van der Waals surface area contributed by atoms with Crippen molar-refractivity contribution in [3.63, 3.8) is 0 Å². The zero-order valence-electron chi connectivity index (χ0n) is 12.2. The monoisotopic (exact) mass is 273 g/mol. The van der Waals surface area contributed by atoms with Crippen molar-refractivity contribution in [3.05, 3.63) is 29.8 Å². The van der Waals surface area contributed by atoms with Crippen LogP contribution in [0.3, 0.4) is 0 Å². The summed E-state index contributed by atoms with van der Waals surface area (Å²) in [6.07, 6.45) is 8.75. The molecule has 2 aliphatic heterocycles. The Hall–Kier alpha value is -1.48. The molecule has 1 aromatic rings. The molecule has 0 unspecified atom stereocenters. The van der Waals surface area contributed by atoms with Crippen molar-refractivity contribution in [2.24, 2.45) is 0 Å². The van der Waals surface area contributed by atoms with Gasteiger partial charge in [0.1, 0.15) is 17.1 Å². The van der Waals surface area contributed by atoms with E-state index in [0.29, 0.717) is 0 Å². The molecular weight excluding hydrogens is 250 g/mol. The van der Waals surface area contributed by atoms with Crippen molar-refractivity contribution in [1.82, 2.24) is 5.32 Å². The Morgan fingerprint density at radius 3 is 2.95 bits per heavy atom. The summed E-state index contributed by atoms with van der Waals surface area (Å²) in [5, 5.41) is 3.38. The van der Waals surface area contributed by atoms with Gasteiger partial charge in [0.2, 0.25) is 0 Å². The predicted molar refractivity (Wildman–Crippen MR) is 81.3 cm³/mol. The van der Waals surface area contributed by atoms with E-state index >= 15 is 0 Å². The van der Waals surface area contributed by atoms with Gasteiger partial charge in [-0.25, -0.2) is 0 Å². The molecule has 1 spiro atoms. The third-order valence-electron chi connectivity index (χ3n) is 4.08. The highest BCUT2D eigenvalue weighted by molar-refractivity contribution is 5.63.